The van der Waals surface area contributed by atoms with E-state index in [2.05, 4.69) is 9.71 Å². The number of hydrogen-bond donors (Lipinski definition) is 5. The molecule has 0 fully saturated rings. The van der Waals surface area contributed by atoms with Gasteiger partial charge in [-0.25, -0.2) is 17.9 Å². The highest BCUT2D eigenvalue weighted by atomic mass is 32.2. The Hall–Kier alpha value is -1.42. The maximum absolute atomic E-state index is 11.9. The van der Waals surface area contributed by atoms with Gasteiger partial charge in [0.1, 0.15) is 10.6 Å². The minimum atomic E-state index is -4.02. The molecule has 0 amide bonds. The largest absolute Gasteiger partial charge is 0.477 e. The normalized spacial score (nSPS) is 12.6. The molecule has 0 aromatic carbocycles. The SMILES string of the molecule is CC(CO)(CO)NS(=O)(=O)c1c[nH]c(C(=O)O)c1. The third kappa shape index (κ3) is 3.07. The Morgan fingerprint density at radius 1 is 1.44 bits per heavy atom. The topological polar surface area (TPSA) is 140 Å². The van der Waals surface area contributed by atoms with E-state index in [1.54, 1.807) is 0 Å². The summed E-state index contributed by atoms with van der Waals surface area (Å²) in [7, 11) is -4.02. The van der Waals surface area contributed by atoms with Crippen molar-refractivity contribution < 1.29 is 28.5 Å². The fourth-order valence-corrected chi connectivity index (χ4v) is 2.53. The fourth-order valence-electron chi connectivity index (χ4n) is 1.15. The lowest BCUT2D eigenvalue weighted by molar-refractivity contribution is 0.0691. The highest BCUT2D eigenvalue weighted by Gasteiger charge is 2.30. The zero-order valence-electron chi connectivity index (χ0n) is 9.54. The van der Waals surface area contributed by atoms with E-state index in [0.717, 1.165) is 12.3 Å². The molecule has 0 spiro atoms. The summed E-state index contributed by atoms with van der Waals surface area (Å²) in [6.45, 7) is 0.118. The molecule has 0 aliphatic heterocycles. The van der Waals surface area contributed by atoms with Crippen molar-refractivity contribution >= 4 is 16.0 Å². The Morgan fingerprint density at radius 3 is 2.39 bits per heavy atom. The number of carboxylic acids is 1. The molecule has 102 valence electrons. The summed E-state index contributed by atoms with van der Waals surface area (Å²) in [5.74, 6) is -1.29. The van der Waals surface area contributed by atoms with Crippen LogP contribution in [0, 0.1) is 0 Å². The van der Waals surface area contributed by atoms with Gasteiger partial charge in [-0.1, -0.05) is 0 Å². The van der Waals surface area contributed by atoms with Crippen LogP contribution in [0.15, 0.2) is 17.2 Å². The smallest absolute Gasteiger partial charge is 0.352 e. The van der Waals surface area contributed by atoms with Crippen molar-refractivity contribution in [3.05, 3.63) is 18.0 Å². The van der Waals surface area contributed by atoms with Crippen molar-refractivity contribution in [3.8, 4) is 0 Å². The van der Waals surface area contributed by atoms with Gasteiger partial charge in [0.25, 0.3) is 0 Å². The van der Waals surface area contributed by atoms with E-state index in [1.807, 2.05) is 0 Å². The second-order valence-corrected chi connectivity index (χ2v) is 5.72. The van der Waals surface area contributed by atoms with E-state index in [4.69, 9.17) is 15.3 Å². The lowest BCUT2D eigenvalue weighted by Crippen LogP contribution is -2.51. The van der Waals surface area contributed by atoms with Gasteiger partial charge in [-0.15, -0.1) is 0 Å². The summed E-state index contributed by atoms with van der Waals surface area (Å²) in [6, 6.07) is 0.944. The van der Waals surface area contributed by atoms with Gasteiger partial charge in [-0.3, -0.25) is 0 Å². The van der Waals surface area contributed by atoms with Crippen molar-refractivity contribution in [2.75, 3.05) is 13.2 Å². The number of H-pyrrole nitrogens is 1. The maximum atomic E-state index is 11.9. The Kier molecular flexibility index (Phi) is 4.12. The summed E-state index contributed by atoms with van der Waals surface area (Å²) < 4.78 is 25.8. The predicted molar refractivity (Wildman–Crippen MR) is 60.7 cm³/mol. The Morgan fingerprint density at radius 2 is 2.00 bits per heavy atom. The van der Waals surface area contributed by atoms with Gasteiger partial charge in [0.2, 0.25) is 10.0 Å². The molecule has 0 aliphatic rings. The predicted octanol–water partition coefficient (Wildman–Crippen LogP) is -1.27. The number of aromatic carboxylic acids is 1. The summed E-state index contributed by atoms with van der Waals surface area (Å²) in [6.07, 6.45) is 1.01. The third-order valence-corrected chi connectivity index (χ3v) is 3.89. The number of carboxylic acid groups (broad SMARTS) is 1. The lowest BCUT2D eigenvalue weighted by atomic mass is 10.1. The highest BCUT2D eigenvalue weighted by molar-refractivity contribution is 7.89. The first-order valence-corrected chi connectivity index (χ1v) is 6.40. The highest BCUT2D eigenvalue weighted by Crippen LogP contribution is 2.14. The average molecular weight is 278 g/mol. The van der Waals surface area contributed by atoms with Crippen molar-refractivity contribution in [2.24, 2.45) is 0 Å². The van der Waals surface area contributed by atoms with Gasteiger partial charge in [-0.2, -0.15) is 0 Å². The molecule has 8 nitrogen and oxygen atoms in total. The Labute approximate surface area is 103 Å². The standard InChI is InChI=1S/C9H14N2O6S/c1-9(4-12,5-13)11-18(16,17)6-2-7(8(14)15)10-3-6/h2-3,10-13H,4-5H2,1H3,(H,14,15). The summed E-state index contributed by atoms with van der Waals surface area (Å²) >= 11 is 0. The molecule has 5 N–H and O–H groups in total. The van der Waals surface area contributed by atoms with Crippen LogP contribution in [-0.4, -0.2) is 53.4 Å². The van der Waals surface area contributed by atoms with Crippen molar-refractivity contribution in [1.29, 1.82) is 0 Å². The molecule has 0 radical (unpaired) electrons. The van der Waals surface area contributed by atoms with Gasteiger partial charge in [0, 0.05) is 6.20 Å². The molecule has 9 heteroatoms. The molecule has 0 saturated heterocycles. The number of hydrogen-bond acceptors (Lipinski definition) is 5. The molecule has 1 rings (SSSR count). The van der Waals surface area contributed by atoms with E-state index in [0.29, 0.717) is 0 Å². The summed E-state index contributed by atoms with van der Waals surface area (Å²) in [4.78, 5) is 12.6. The van der Waals surface area contributed by atoms with Crippen LogP contribution in [0.1, 0.15) is 17.4 Å². The molecule has 0 aliphatic carbocycles. The molecule has 0 unspecified atom stereocenters. The second kappa shape index (κ2) is 5.06. The Bertz CT molecular complexity index is 531. The van der Waals surface area contributed by atoms with Gasteiger partial charge in [0.15, 0.2) is 0 Å². The van der Waals surface area contributed by atoms with Crippen molar-refractivity contribution in [1.82, 2.24) is 9.71 Å². The molecule has 1 aromatic rings. The minimum Gasteiger partial charge on any atom is -0.477 e. The van der Waals surface area contributed by atoms with Crippen LogP contribution < -0.4 is 4.72 Å². The number of carbonyl (C=O) groups is 1. The van der Waals surface area contributed by atoms with Crippen molar-refractivity contribution in [3.63, 3.8) is 0 Å². The van der Waals surface area contributed by atoms with Gasteiger partial charge in [0.05, 0.1) is 18.8 Å². The van der Waals surface area contributed by atoms with Crippen molar-refractivity contribution in [2.45, 2.75) is 17.4 Å². The monoisotopic (exact) mass is 278 g/mol. The minimum absolute atomic E-state index is 0.273. The maximum Gasteiger partial charge on any atom is 0.352 e. The molecular formula is C9H14N2O6S. The van der Waals surface area contributed by atoms with Crippen LogP contribution in [0.25, 0.3) is 0 Å². The van der Waals surface area contributed by atoms with Crippen LogP contribution in [0.5, 0.6) is 0 Å². The third-order valence-electron chi connectivity index (χ3n) is 2.28. The van der Waals surface area contributed by atoms with Gasteiger partial charge < -0.3 is 20.3 Å². The number of aliphatic hydroxyl groups is 2. The number of aliphatic hydroxyl groups excluding tert-OH is 2. The number of aromatic nitrogens is 1. The van der Waals surface area contributed by atoms with E-state index < -0.39 is 34.7 Å². The number of rotatable bonds is 6. The molecule has 18 heavy (non-hydrogen) atoms. The lowest BCUT2D eigenvalue weighted by Gasteiger charge is -2.25. The van der Waals surface area contributed by atoms with E-state index in [-0.39, 0.29) is 10.6 Å². The van der Waals surface area contributed by atoms with E-state index in [1.165, 1.54) is 6.92 Å². The van der Waals surface area contributed by atoms with Crippen LogP contribution in [-0.2, 0) is 10.0 Å². The number of sulfonamides is 1. The van der Waals surface area contributed by atoms with Crippen LogP contribution >= 0.6 is 0 Å². The molecule has 1 aromatic heterocycles. The first kappa shape index (κ1) is 14.6. The Balaban J connectivity index is 3.03. The van der Waals surface area contributed by atoms with Crippen LogP contribution in [0.3, 0.4) is 0 Å². The quantitative estimate of drug-likeness (QED) is 0.440. The zero-order valence-corrected chi connectivity index (χ0v) is 10.4. The average Bonchev–Trinajstić information content (AvgIpc) is 2.78. The van der Waals surface area contributed by atoms with Gasteiger partial charge >= 0.3 is 5.97 Å². The summed E-state index contributed by atoms with van der Waals surface area (Å²) in [5, 5.41) is 26.7. The second-order valence-electron chi connectivity index (χ2n) is 4.04. The molecule has 1 heterocycles. The number of aromatic amines is 1. The van der Waals surface area contributed by atoms with Crippen LogP contribution in [0.2, 0.25) is 0 Å². The molecular weight excluding hydrogens is 264 g/mol. The fraction of sp³-hybridized carbons (Fsp3) is 0.444. The summed E-state index contributed by atoms with van der Waals surface area (Å²) in [5.41, 5.74) is -1.69. The first-order valence-electron chi connectivity index (χ1n) is 4.91. The molecule has 0 bridgehead atoms. The number of nitrogens with one attached hydrogen (secondary N) is 2. The van der Waals surface area contributed by atoms with Gasteiger partial charge in [-0.05, 0) is 13.0 Å². The zero-order chi connectivity index (χ0) is 14.0. The van der Waals surface area contributed by atoms with E-state index >= 15 is 0 Å². The first-order chi connectivity index (χ1) is 8.24. The molecule has 0 atom stereocenters. The van der Waals surface area contributed by atoms with E-state index in [9.17, 15) is 13.2 Å². The van der Waals surface area contributed by atoms with Crippen LogP contribution in [0.4, 0.5) is 0 Å². The molecule has 0 saturated carbocycles.